The summed E-state index contributed by atoms with van der Waals surface area (Å²) in [5.74, 6) is 0.133. The van der Waals surface area contributed by atoms with Crippen LogP contribution in [-0.2, 0) is 16.0 Å². The van der Waals surface area contributed by atoms with E-state index in [1.807, 2.05) is 23.2 Å². The smallest absolute Gasteiger partial charge is 0.276 e. The summed E-state index contributed by atoms with van der Waals surface area (Å²) < 4.78 is 5.14. The summed E-state index contributed by atoms with van der Waals surface area (Å²) in [5.41, 5.74) is 2.26. The minimum atomic E-state index is -0.401. The standard InChI is InChI=1S/C25H38N6O2S/c1-18(2)8-9-20(16-19-17-28-22-7-5-4-6-21(19)22)29-24(32)23(26)34-25(27)31-12-10-30(11-13-31)14-15-33-3/h4-7,17-18,20,26-28H,8-16H2,1-3H3,(H,29,32). The first-order valence-corrected chi connectivity index (χ1v) is 12.9. The van der Waals surface area contributed by atoms with Gasteiger partial charge in [0.1, 0.15) is 0 Å². The number of hydrogen-bond acceptors (Lipinski definition) is 6. The maximum absolute atomic E-state index is 12.9. The molecule has 8 nitrogen and oxygen atoms in total. The number of benzene rings is 1. The van der Waals surface area contributed by atoms with Crippen molar-refractivity contribution in [1.29, 1.82) is 10.8 Å². The number of aromatic nitrogens is 1. The number of nitrogens with zero attached hydrogens (tertiary/aromatic N) is 2. The summed E-state index contributed by atoms with van der Waals surface area (Å²) in [7, 11) is 1.70. The molecule has 0 spiro atoms. The molecule has 0 radical (unpaired) electrons. The number of para-hydroxylation sites is 1. The van der Waals surface area contributed by atoms with Crippen LogP contribution < -0.4 is 5.32 Å². The van der Waals surface area contributed by atoms with Crippen LogP contribution in [0.15, 0.2) is 30.5 Å². The number of fused-ring (bicyclic) bond motifs is 1. The second kappa shape index (κ2) is 12.9. The van der Waals surface area contributed by atoms with Gasteiger partial charge in [0.2, 0.25) is 0 Å². The Labute approximate surface area is 206 Å². The number of H-pyrrole nitrogens is 1. The van der Waals surface area contributed by atoms with Crippen LogP contribution in [0.3, 0.4) is 0 Å². The summed E-state index contributed by atoms with van der Waals surface area (Å²) in [4.78, 5) is 20.4. The lowest BCUT2D eigenvalue weighted by Gasteiger charge is -2.35. The molecule has 1 aliphatic heterocycles. The van der Waals surface area contributed by atoms with E-state index in [2.05, 4.69) is 41.2 Å². The third-order valence-electron chi connectivity index (χ3n) is 6.25. The van der Waals surface area contributed by atoms with Gasteiger partial charge in [-0.1, -0.05) is 32.0 Å². The van der Waals surface area contributed by atoms with Crippen molar-refractivity contribution >= 4 is 38.8 Å². The summed E-state index contributed by atoms with van der Waals surface area (Å²) in [6.07, 6.45) is 4.57. The van der Waals surface area contributed by atoms with E-state index in [-0.39, 0.29) is 16.3 Å². The van der Waals surface area contributed by atoms with Crippen molar-refractivity contribution in [2.45, 2.75) is 39.2 Å². The maximum atomic E-state index is 12.9. The first kappa shape index (κ1) is 26.2. The molecule has 1 aromatic carbocycles. The van der Waals surface area contributed by atoms with E-state index < -0.39 is 5.91 Å². The zero-order valence-electron chi connectivity index (χ0n) is 20.5. The second-order valence-corrected chi connectivity index (χ2v) is 10.3. The number of methoxy groups -OCH3 is 1. The zero-order valence-corrected chi connectivity index (χ0v) is 21.3. The van der Waals surface area contributed by atoms with Gasteiger partial charge in [0.05, 0.1) is 6.61 Å². The van der Waals surface area contributed by atoms with Crippen LogP contribution in [0.5, 0.6) is 0 Å². The maximum Gasteiger partial charge on any atom is 0.276 e. The van der Waals surface area contributed by atoms with Crippen molar-refractivity contribution in [2.24, 2.45) is 5.92 Å². The molecular weight excluding hydrogens is 448 g/mol. The molecule has 1 aliphatic rings. The van der Waals surface area contributed by atoms with Crippen LogP contribution in [0.2, 0.25) is 0 Å². The van der Waals surface area contributed by atoms with Crippen molar-refractivity contribution in [2.75, 3.05) is 46.4 Å². The van der Waals surface area contributed by atoms with Crippen LogP contribution >= 0.6 is 11.8 Å². The molecule has 34 heavy (non-hydrogen) atoms. The fraction of sp³-hybridized carbons (Fsp3) is 0.560. The van der Waals surface area contributed by atoms with E-state index in [9.17, 15) is 4.79 Å². The van der Waals surface area contributed by atoms with E-state index in [0.29, 0.717) is 18.9 Å². The average Bonchev–Trinajstić information content (AvgIpc) is 3.24. The number of ether oxygens (including phenoxy) is 1. The quantitative estimate of drug-likeness (QED) is 0.320. The normalized spacial score (nSPS) is 15.6. The molecule has 3 rings (SSSR count). The van der Waals surface area contributed by atoms with Crippen LogP contribution in [0.25, 0.3) is 10.9 Å². The minimum absolute atomic E-state index is 0.0615. The van der Waals surface area contributed by atoms with Gasteiger partial charge in [0.25, 0.3) is 5.91 Å². The second-order valence-electron chi connectivity index (χ2n) is 9.26. The summed E-state index contributed by atoms with van der Waals surface area (Å²) in [6.45, 7) is 9.11. The van der Waals surface area contributed by atoms with E-state index >= 15 is 0 Å². The number of aromatic amines is 1. The Hall–Kier alpha value is -2.36. The van der Waals surface area contributed by atoms with Crippen LogP contribution in [0.4, 0.5) is 0 Å². The number of carbonyl (C=O) groups is 1. The average molecular weight is 487 g/mol. The molecule has 1 atom stereocenters. The van der Waals surface area contributed by atoms with Gasteiger partial charge in [-0.2, -0.15) is 0 Å². The molecule has 186 valence electrons. The van der Waals surface area contributed by atoms with Crippen molar-refractivity contribution in [3.05, 3.63) is 36.0 Å². The third kappa shape index (κ3) is 7.58. The van der Waals surface area contributed by atoms with Crippen molar-refractivity contribution in [3.8, 4) is 0 Å². The zero-order chi connectivity index (χ0) is 24.5. The van der Waals surface area contributed by atoms with Gasteiger partial charge in [0, 0.05) is 63.0 Å². The molecule has 9 heteroatoms. The van der Waals surface area contributed by atoms with Gasteiger partial charge < -0.3 is 19.9 Å². The summed E-state index contributed by atoms with van der Waals surface area (Å²) in [5, 5.41) is 21.1. The molecule has 0 aliphatic carbocycles. The van der Waals surface area contributed by atoms with E-state index in [0.717, 1.165) is 62.8 Å². The molecule has 1 amide bonds. The number of piperazine rings is 1. The Balaban J connectivity index is 1.54. The fourth-order valence-corrected chi connectivity index (χ4v) is 4.84. The number of thioether (sulfide) groups is 1. The molecule has 0 bridgehead atoms. The molecule has 1 saturated heterocycles. The molecule has 4 N–H and O–H groups in total. The number of amides is 1. The largest absolute Gasteiger partial charge is 0.383 e. The number of hydrogen-bond donors (Lipinski definition) is 4. The monoisotopic (exact) mass is 486 g/mol. The fourth-order valence-electron chi connectivity index (χ4n) is 4.18. The van der Waals surface area contributed by atoms with Crippen LogP contribution in [-0.4, -0.2) is 83.4 Å². The molecule has 1 aromatic heterocycles. The van der Waals surface area contributed by atoms with Gasteiger partial charge in [-0.15, -0.1) is 0 Å². The highest BCUT2D eigenvalue weighted by atomic mass is 32.2. The van der Waals surface area contributed by atoms with Crippen LogP contribution in [0.1, 0.15) is 32.3 Å². The molecule has 0 saturated carbocycles. The number of nitrogens with one attached hydrogen (secondary N) is 4. The van der Waals surface area contributed by atoms with Crippen molar-refractivity contribution in [1.82, 2.24) is 20.1 Å². The van der Waals surface area contributed by atoms with Crippen molar-refractivity contribution < 1.29 is 9.53 Å². The Bertz CT molecular complexity index is 967. The van der Waals surface area contributed by atoms with Gasteiger partial charge >= 0.3 is 0 Å². The number of carbonyl (C=O) groups excluding carboxylic acids is 1. The predicted molar refractivity (Wildman–Crippen MR) is 141 cm³/mol. The van der Waals surface area contributed by atoms with Crippen molar-refractivity contribution in [3.63, 3.8) is 0 Å². The van der Waals surface area contributed by atoms with Gasteiger partial charge in [-0.25, -0.2) is 0 Å². The predicted octanol–water partition coefficient (Wildman–Crippen LogP) is 3.54. The topological polar surface area (TPSA) is 108 Å². The molecular formula is C25H38N6O2S. The molecule has 1 fully saturated rings. The lowest BCUT2D eigenvalue weighted by Crippen LogP contribution is -2.49. The van der Waals surface area contributed by atoms with Gasteiger partial charge in [0.15, 0.2) is 10.2 Å². The Morgan fingerprint density at radius 3 is 2.62 bits per heavy atom. The van der Waals surface area contributed by atoms with E-state index in [1.165, 1.54) is 10.9 Å². The van der Waals surface area contributed by atoms with Crippen LogP contribution in [0, 0.1) is 16.7 Å². The Morgan fingerprint density at radius 2 is 1.91 bits per heavy atom. The highest BCUT2D eigenvalue weighted by Crippen LogP contribution is 2.21. The first-order chi connectivity index (χ1) is 16.4. The Morgan fingerprint density at radius 1 is 1.18 bits per heavy atom. The highest BCUT2D eigenvalue weighted by Gasteiger charge is 2.24. The summed E-state index contributed by atoms with van der Waals surface area (Å²) >= 11 is 0.941. The van der Waals surface area contributed by atoms with Gasteiger partial charge in [-0.05, 0) is 48.6 Å². The summed E-state index contributed by atoms with van der Waals surface area (Å²) in [6, 6.07) is 8.12. The van der Waals surface area contributed by atoms with E-state index in [4.69, 9.17) is 15.6 Å². The third-order valence-corrected chi connectivity index (χ3v) is 7.09. The van der Waals surface area contributed by atoms with E-state index in [1.54, 1.807) is 7.11 Å². The molecule has 1 unspecified atom stereocenters. The Kier molecular flexibility index (Phi) is 9.98. The van der Waals surface area contributed by atoms with Gasteiger partial charge in [-0.3, -0.25) is 20.5 Å². The number of rotatable bonds is 9. The lowest BCUT2D eigenvalue weighted by atomic mass is 9.97. The SMILES string of the molecule is COCCN1CCN(C(=N)SC(=N)C(=O)NC(CCC(C)C)Cc2c[nH]c3ccccc23)CC1. The molecule has 2 heterocycles. The minimum Gasteiger partial charge on any atom is -0.383 e. The first-order valence-electron chi connectivity index (χ1n) is 12.0. The highest BCUT2D eigenvalue weighted by molar-refractivity contribution is 8.27. The lowest BCUT2D eigenvalue weighted by molar-refractivity contribution is -0.115. The molecule has 2 aromatic rings. The number of amidine groups is 1.